The van der Waals surface area contributed by atoms with Crippen molar-refractivity contribution in [2.24, 2.45) is 5.92 Å². The van der Waals surface area contributed by atoms with Crippen LogP contribution in [-0.4, -0.2) is 31.8 Å². The highest BCUT2D eigenvalue weighted by Gasteiger charge is 2.45. The highest BCUT2D eigenvalue weighted by Crippen LogP contribution is 2.38. The molecule has 4 rings (SSSR count). The highest BCUT2D eigenvalue weighted by molar-refractivity contribution is 5.95. The molecule has 4 nitrogen and oxygen atoms in total. The van der Waals surface area contributed by atoms with Gasteiger partial charge in [0.25, 0.3) is 5.91 Å². The number of rotatable bonds is 4. The van der Waals surface area contributed by atoms with E-state index in [9.17, 15) is 4.79 Å². The molecule has 1 saturated heterocycles. The lowest BCUT2D eigenvalue weighted by molar-refractivity contribution is 0.00810. The zero-order chi connectivity index (χ0) is 16.5. The quantitative estimate of drug-likeness (QED) is 0.939. The van der Waals surface area contributed by atoms with Crippen LogP contribution in [0.1, 0.15) is 23.2 Å². The Kier molecular flexibility index (Phi) is 3.98. The number of ether oxygens (including phenoxy) is 2. The Morgan fingerprint density at radius 2 is 2.00 bits per heavy atom. The zero-order valence-electron chi connectivity index (χ0n) is 13.7. The van der Waals surface area contributed by atoms with Crippen molar-refractivity contribution in [2.75, 3.05) is 13.7 Å². The van der Waals surface area contributed by atoms with E-state index in [0.29, 0.717) is 17.6 Å². The lowest BCUT2D eigenvalue weighted by Crippen LogP contribution is -2.53. The van der Waals surface area contributed by atoms with E-state index in [2.05, 4.69) is 5.32 Å². The zero-order valence-corrected chi connectivity index (χ0v) is 13.7. The molecule has 1 aliphatic carbocycles. The molecule has 3 atom stereocenters. The molecular formula is C20H21NO3. The number of carbonyl (C=O) groups excluding carboxylic acids is 1. The molecule has 2 aliphatic rings. The first-order valence-corrected chi connectivity index (χ1v) is 8.41. The van der Waals surface area contributed by atoms with E-state index >= 15 is 0 Å². The van der Waals surface area contributed by atoms with Crippen LogP contribution < -0.4 is 10.1 Å². The van der Waals surface area contributed by atoms with E-state index in [1.165, 1.54) is 0 Å². The molecular weight excluding hydrogens is 302 g/mol. The van der Waals surface area contributed by atoms with Crippen LogP contribution >= 0.6 is 0 Å². The van der Waals surface area contributed by atoms with Crippen LogP contribution in [0.5, 0.6) is 5.75 Å². The van der Waals surface area contributed by atoms with E-state index in [4.69, 9.17) is 9.47 Å². The van der Waals surface area contributed by atoms with Crippen LogP contribution in [0.2, 0.25) is 0 Å². The third-order valence-corrected chi connectivity index (χ3v) is 5.13. The van der Waals surface area contributed by atoms with Crippen molar-refractivity contribution in [1.29, 1.82) is 0 Å². The van der Waals surface area contributed by atoms with Gasteiger partial charge in [-0.05, 0) is 48.2 Å². The van der Waals surface area contributed by atoms with Crippen molar-refractivity contribution in [1.82, 2.24) is 5.32 Å². The second-order valence-electron chi connectivity index (χ2n) is 6.49. The summed E-state index contributed by atoms with van der Waals surface area (Å²) in [5, 5.41) is 3.14. The molecule has 24 heavy (non-hydrogen) atoms. The van der Waals surface area contributed by atoms with Gasteiger partial charge < -0.3 is 14.8 Å². The molecule has 2 fully saturated rings. The van der Waals surface area contributed by atoms with Crippen LogP contribution in [0.15, 0.2) is 48.5 Å². The molecule has 1 N–H and O–H groups in total. The van der Waals surface area contributed by atoms with Gasteiger partial charge in [-0.2, -0.15) is 0 Å². The molecule has 2 aromatic rings. The van der Waals surface area contributed by atoms with Crippen LogP contribution in [0.4, 0.5) is 0 Å². The maximum absolute atomic E-state index is 12.4. The van der Waals surface area contributed by atoms with E-state index in [1.54, 1.807) is 7.11 Å². The lowest BCUT2D eigenvalue weighted by Gasteiger charge is -2.39. The van der Waals surface area contributed by atoms with Crippen molar-refractivity contribution in [3.8, 4) is 16.9 Å². The highest BCUT2D eigenvalue weighted by atomic mass is 16.5. The Balaban J connectivity index is 1.44. The van der Waals surface area contributed by atoms with Crippen LogP contribution in [0.3, 0.4) is 0 Å². The summed E-state index contributed by atoms with van der Waals surface area (Å²) in [7, 11) is 1.66. The fourth-order valence-corrected chi connectivity index (χ4v) is 3.63. The number of hydrogen-bond acceptors (Lipinski definition) is 3. The molecule has 1 amide bonds. The van der Waals surface area contributed by atoms with E-state index in [0.717, 1.165) is 36.3 Å². The number of hydrogen-bond donors (Lipinski definition) is 1. The molecule has 124 valence electrons. The fourth-order valence-electron chi connectivity index (χ4n) is 3.63. The largest absolute Gasteiger partial charge is 0.497 e. The number of nitrogens with one attached hydrogen (secondary N) is 1. The minimum atomic E-state index is 0.00235. The Labute approximate surface area is 141 Å². The molecule has 0 bridgehead atoms. The molecule has 1 heterocycles. The fraction of sp³-hybridized carbons (Fsp3) is 0.350. The van der Waals surface area contributed by atoms with Gasteiger partial charge in [0.05, 0.1) is 13.2 Å². The SMILES string of the molecule is COc1cccc(-c2ccc(C(=O)N[C@H]3C[C@@H]4OCC[C@H]34)cc2)c1. The van der Waals surface area contributed by atoms with Crippen molar-refractivity contribution in [2.45, 2.75) is 25.0 Å². The third kappa shape index (κ3) is 2.78. The number of methoxy groups -OCH3 is 1. The molecule has 4 heteroatoms. The Bertz CT molecular complexity index is 741. The van der Waals surface area contributed by atoms with Gasteiger partial charge in [-0.3, -0.25) is 4.79 Å². The summed E-state index contributed by atoms with van der Waals surface area (Å²) in [6, 6.07) is 15.9. The van der Waals surface area contributed by atoms with Gasteiger partial charge in [-0.25, -0.2) is 0 Å². The van der Waals surface area contributed by atoms with Gasteiger partial charge >= 0.3 is 0 Å². The van der Waals surface area contributed by atoms with Gasteiger partial charge in [-0.1, -0.05) is 24.3 Å². The molecule has 0 aromatic heterocycles. The predicted molar refractivity (Wildman–Crippen MR) is 92.1 cm³/mol. The number of amides is 1. The summed E-state index contributed by atoms with van der Waals surface area (Å²) in [5.41, 5.74) is 2.84. The maximum atomic E-state index is 12.4. The first-order chi connectivity index (χ1) is 11.7. The summed E-state index contributed by atoms with van der Waals surface area (Å²) < 4.78 is 10.9. The van der Waals surface area contributed by atoms with Crippen LogP contribution in [-0.2, 0) is 4.74 Å². The van der Waals surface area contributed by atoms with Crippen molar-refractivity contribution in [3.05, 3.63) is 54.1 Å². The third-order valence-electron chi connectivity index (χ3n) is 5.13. The van der Waals surface area contributed by atoms with Crippen LogP contribution in [0.25, 0.3) is 11.1 Å². The Hall–Kier alpha value is -2.33. The maximum Gasteiger partial charge on any atom is 0.251 e. The average Bonchev–Trinajstić information content (AvgIpc) is 3.00. The lowest BCUT2D eigenvalue weighted by atomic mass is 9.76. The molecule has 1 saturated carbocycles. The minimum Gasteiger partial charge on any atom is -0.497 e. The van der Waals surface area contributed by atoms with E-state index in [1.807, 2.05) is 48.5 Å². The van der Waals surface area contributed by atoms with Crippen molar-refractivity contribution in [3.63, 3.8) is 0 Å². The monoisotopic (exact) mass is 323 g/mol. The summed E-state index contributed by atoms with van der Waals surface area (Å²) >= 11 is 0. The van der Waals surface area contributed by atoms with Gasteiger partial charge in [0.1, 0.15) is 5.75 Å². The molecule has 0 unspecified atom stereocenters. The van der Waals surface area contributed by atoms with Crippen molar-refractivity contribution < 1.29 is 14.3 Å². The van der Waals surface area contributed by atoms with Gasteiger partial charge in [0.15, 0.2) is 0 Å². The smallest absolute Gasteiger partial charge is 0.251 e. The summed E-state index contributed by atoms with van der Waals surface area (Å²) in [4.78, 5) is 12.4. The van der Waals surface area contributed by atoms with Gasteiger partial charge in [0, 0.05) is 24.1 Å². The van der Waals surface area contributed by atoms with E-state index < -0.39 is 0 Å². The summed E-state index contributed by atoms with van der Waals surface area (Å²) in [5.74, 6) is 1.33. The summed E-state index contributed by atoms with van der Waals surface area (Å²) in [6.45, 7) is 0.830. The Morgan fingerprint density at radius 3 is 2.75 bits per heavy atom. The first-order valence-electron chi connectivity index (χ1n) is 8.41. The second kappa shape index (κ2) is 6.29. The molecule has 2 aromatic carbocycles. The Morgan fingerprint density at radius 1 is 1.17 bits per heavy atom. The molecule has 0 spiro atoms. The average molecular weight is 323 g/mol. The van der Waals surface area contributed by atoms with Crippen LogP contribution in [0, 0.1) is 5.92 Å². The molecule has 0 radical (unpaired) electrons. The standard InChI is InChI=1S/C20H21NO3/c1-23-16-4-2-3-15(11-16)13-5-7-14(8-6-13)20(22)21-18-12-19-17(18)9-10-24-19/h2-8,11,17-19H,9-10,12H2,1H3,(H,21,22)/t17-,18+,19+/m1/s1. The number of carbonyl (C=O) groups is 1. The number of benzene rings is 2. The second-order valence-corrected chi connectivity index (χ2v) is 6.49. The topological polar surface area (TPSA) is 47.6 Å². The predicted octanol–water partition coefficient (Wildman–Crippen LogP) is 3.27. The van der Waals surface area contributed by atoms with E-state index in [-0.39, 0.29) is 11.9 Å². The van der Waals surface area contributed by atoms with Crippen molar-refractivity contribution >= 4 is 5.91 Å². The number of fused-ring (bicyclic) bond motifs is 1. The summed E-state index contributed by atoms with van der Waals surface area (Å²) in [6.07, 6.45) is 2.37. The van der Waals surface area contributed by atoms with Gasteiger partial charge in [-0.15, -0.1) is 0 Å². The normalized spacial score (nSPS) is 24.8. The van der Waals surface area contributed by atoms with Gasteiger partial charge in [0.2, 0.25) is 0 Å². The minimum absolute atomic E-state index is 0.00235. The first kappa shape index (κ1) is 15.2. The molecule has 1 aliphatic heterocycles.